The fourth-order valence-corrected chi connectivity index (χ4v) is 1.16. The lowest BCUT2D eigenvalue weighted by atomic mass is 10.2. The Kier molecular flexibility index (Phi) is 2.61. The minimum Gasteiger partial charge on any atom is -0.312 e. The van der Waals surface area contributed by atoms with E-state index in [0.29, 0.717) is 10.0 Å². The Bertz CT molecular complexity index is 303. The first-order valence-corrected chi connectivity index (χ1v) is 3.81. The number of hydrogen-bond acceptors (Lipinski definition) is 0. The molecular formula is C8H5BrFN. The summed E-state index contributed by atoms with van der Waals surface area (Å²) in [5.74, 6) is -0.330. The van der Waals surface area contributed by atoms with E-state index in [1.165, 1.54) is 0 Å². The van der Waals surface area contributed by atoms with Gasteiger partial charge in [-0.1, -0.05) is 6.07 Å². The summed E-state index contributed by atoms with van der Waals surface area (Å²) in [5, 5.41) is 0. The van der Waals surface area contributed by atoms with Gasteiger partial charge in [0.05, 0.1) is 10.0 Å². The van der Waals surface area contributed by atoms with Crippen molar-refractivity contribution < 1.29 is 4.39 Å². The normalized spacial score (nSPS) is 9.18. The van der Waals surface area contributed by atoms with Crippen LogP contribution >= 0.6 is 15.9 Å². The predicted octanol–water partition coefficient (Wildman–Crippen LogP) is 3.01. The van der Waals surface area contributed by atoms with Crippen LogP contribution in [0.4, 0.5) is 4.39 Å². The Morgan fingerprint density at radius 3 is 2.91 bits per heavy atom. The summed E-state index contributed by atoms with van der Waals surface area (Å²) < 4.78 is 13.4. The van der Waals surface area contributed by atoms with Crippen LogP contribution in [0.15, 0.2) is 22.7 Å². The average Bonchev–Trinajstić information content (AvgIpc) is 1.99. The maximum atomic E-state index is 13.0. The number of benzene rings is 1. The van der Waals surface area contributed by atoms with Crippen molar-refractivity contribution in [1.29, 1.82) is 0 Å². The van der Waals surface area contributed by atoms with Crippen molar-refractivity contribution in [3.05, 3.63) is 45.5 Å². The largest absolute Gasteiger partial charge is 0.312 e. The van der Waals surface area contributed by atoms with E-state index in [1.54, 1.807) is 18.2 Å². The van der Waals surface area contributed by atoms with Crippen molar-refractivity contribution in [2.45, 2.75) is 6.54 Å². The van der Waals surface area contributed by atoms with E-state index in [0.717, 1.165) is 0 Å². The van der Waals surface area contributed by atoms with E-state index in [9.17, 15) is 4.39 Å². The monoisotopic (exact) mass is 213 g/mol. The maximum absolute atomic E-state index is 13.0. The lowest BCUT2D eigenvalue weighted by molar-refractivity contribution is 0.608. The van der Waals surface area contributed by atoms with E-state index < -0.39 is 0 Å². The van der Waals surface area contributed by atoms with Crippen LogP contribution in [-0.4, -0.2) is 0 Å². The van der Waals surface area contributed by atoms with Gasteiger partial charge < -0.3 is 4.85 Å². The molecule has 0 saturated heterocycles. The second kappa shape index (κ2) is 3.49. The number of nitrogens with zero attached hydrogens (tertiary/aromatic N) is 1. The first-order chi connectivity index (χ1) is 5.25. The highest BCUT2D eigenvalue weighted by Crippen LogP contribution is 2.18. The van der Waals surface area contributed by atoms with E-state index in [1.807, 2.05) is 0 Å². The Balaban J connectivity index is 3.08. The molecule has 0 amide bonds. The summed E-state index contributed by atoms with van der Waals surface area (Å²) in [6.07, 6.45) is 0. The van der Waals surface area contributed by atoms with Crippen molar-refractivity contribution in [3.8, 4) is 0 Å². The summed E-state index contributed by atoms with van der Waals surface area (Å²) in [4.78, 5) is 3.10. The van der Waals surface area contributed by atoms with Gasteiger partial charge in [-0.15, -0.1) is 0 Å². The second-order valence-corrected chi connectivity index (χ2v) is 2.88. The van der Waals surface area contributed by atoms with E-state index in [-0.39, 0.29) is 12.4 Å². The molecular weight excluding hydrogens is 209 g/mol. The first kappa shape index (κ1) is 8.22. The van der Waals surface area contributed by atoms with Gasteiger partial charge in [0.15, 0.2) is 0 Å². The molecule has 1 nitrogen and oxygen atoms in total. The second-order valence-electron chi connectivity index (χ2n) is 2.03. The Labute approximate surface area is 72.8 Å². The highest BCUT2D eigenvalue weighted by atomic mass is 79.9. The molecule has 0 unspecified atom stereocenters. The zero-order valence-corrected chi connectivity index (χ0v) is 7.23. The molecule has 0 aliphatic rings. The first-order valence-electron chi connectivity index (χ1n) is 3.02. The van der Waals surface area contributed by atoms with Crippen LogP contribution in [0.3, 0.4) is 0 Å². The van der Waals surface area contributed by atoms with Crippen LogP contribution in [0.2, 0.25) is 0 Å². The average molecular weight is 214 g/mol. The zero-order chi connectivity index (χ0) is 8.27. The molecule has 1 rings (SSSR count). The van der Waals surface area contributed by atoms with Crippen molar-refractivity contribution >= 4 is 15.9 Å². The lowest BCUT2D eigenvalue weighted by Gasteiger charge is -1.96. The molecule has 0 aromatic heterocycles. The standard InChI is InChI=1S/C8H5BrFN/c1-11-5-6-3-2-4-7(9)8(6)10/h2-4H,5H2. The summed E-state index contributed by atoms with van der Waals surface area (Å²) in [6, 6.07) is 4.94. The molecule has 0 aliphatic carbocycles. The minimum absolute atomic E-state index is 0.102. The molecule has 0 fully saturated rings. The van der Waals surface area contributed by atoms with Gasteiger partial charge in [0.25, 0.3) is 0 Å². The highest BCUT2D eigenvalue weighted by molar-refractivity contribution is 9.10. The quantitative estimate of drug-likeness (QED) is 0.633. The number of hydrogen-bond donors (Lipinski definition) is 0. The number of halogens is 2. The predicted molar refractivity (Wildman–Crippen MR) is 44.4 cm³/mol. The Hall–Kier alpha value is -0.880. The maximum Gasteiger partial charge on any atom is 0.242 e. The molecule has 0 bridgehead atoms. The summed E-state index contributed by atoms with van der Waals surface area (Å²) >= 11 is 3.04. The number of rotatable bonds is 1. The van der Waals surface area contributed by atoms with Crippen LogP contribution in [0.25, 0.3) is 4.85 Å². The third-order valence-corrected chi connectivity index (χ3v) is 1.89. The van der Waals surface area contributed by atoms with Gasteiger partial charge in [-0.05, 0) is 28.1 Å². The van der Waals surface area contributed by atoms with E-state index >= 15 is 0 Å². The van der Waals surface area contributed by atoms with E-state index in [4.69, 9.17) is 6.57 Å². The van der Waals surface area contributed by atoms with Gasteiger partial charge in [0.1, 0.15) is 5.82 Å². The molecule has 0 spiro atoms. The fourth-order valence-electron chi connectivity index (χ4n) is 0.756. The molecule has 0 atom stereocenters. The van der Waals surface area contributed by atoms with Crippen LogP contribution in [0.1, 0.15) is 5.56 Å². The summed E-state index contributed by atoms with van der Waals surface area (Å²) in [5.41, 5.74) is 0.439. The zero-order valence-electron chi connectivity index (χ0n) is 5.64. The SMILES string of the molecule is [C-]#[N+]Cc1cccc(Br)c1F. The van der Waals surface area contributed by atoms with Gasteiger partial charge in [0.2, 0.25) is 6.54 Å². The van der Waals surface area contributed by atoms with Gasteiger partial charge in [-0.25, -0.2) is 11.0 Å². The van der Waals surface area contributed by atoms with Gasteiger partial charge in [-0.3, -0.25) is 0 Å². The van der Waals surface area contributed by atoms with Crippen LogP contribution in [-0.2, 0) is 6.54 Å². The smallest absolute Gasteiger partial charge is 0.242 e. The summed E-state index contributed by atoms with van der Waals surface area (Å²) in [6.45, 7) is 6.65. The third kappa shape index (κ3) is 1.78. The molecule has 0 heterocycles. The molecule has 56 valence electrons. The molecule has 0 N–H and O–H groups in total. The Morgan fingerprint density at radius 2 is 2.27 bits per heavy atom. The van der Waals surface area contributed by atoms with Crippen LogP contribution < -0.4 is 0 Å². The minimum atomic E-state index is -0.330. The van der Waals surface area contributed by atoms with Crippen molar-refractivity contribution in [1.82, 2.24) is 0 Å². The third-order valence-electron chi connectivity index (χ3n) is 1.28. The van der Waals surface area contributed by atoms with Crippen LogP contribution in [0.5, 0.6) is 0 Å². The molecule has 0 radical (unpaired) electrons. The molecule has 11 heavy (non-hydrogen) atoms. The fraction of sp³-hybridized carbons (Fsp3) is 0.125. The Morgan fingerprint density at radius 1 is 1.55 bits per heavy atom. The van der Waals surface area contributed by atoms with Gasteiger partial charge in [-0.2, -0.15) is 0 Å². The molecule has 3 heteroatoms. The topological polar surface area (TPSA) is 4.36 Å². The van der Waals surface area contributed by atoms with Crippen molar-refractivity contribution in [3.63, 3.8) is 0 Å². The van der Waals surface area contributed by atoms with Gasteiger partial charge >= 0.3 is 0 Å². The van der Waals surface area contributed by atoms with Crippen molar-refractivity contribution in [2.24, 2.45) is 0 Å². The molecule has 0 aliphatic heterocycles. The molecule has 1 aromatic rings. The molecule has 0 saturated carbocycles. The van der Waals surface area contributed by atoms with Gasteiger partial charge in [0, 0.05) is 0 Å². The highest BCUT2D eigenvalue weighted by Gasteiger charge is 2.06. The summed E-state index contributed by atoms with van der Waals surface area (Å²) in [7, 11) is 0. The lowest BCUT2D eigenvalue weighted by Crippen LogP contribution is -1.86. The van der Waals surface area contributed by atoms with Crippen LogP contribution in [0, 0.1) is 12.4 Å². The van der Waals surface area contributed by atoms with E-state index in [2.05, 4.69) is 20.8 Å². The molecule has 1 aromatic carbocycles. The van der Waals surface area contributed by atoms with Crippen molar-refractivity contribution in [2.75, 3.05) is 0 Å².